The molecule has 8 heteroatoms. The van der Waals surface area contributed by atoms with Crippen LogP contribution in [0.4, 0.5) is 0 Å². The highest BCUT2D eigenvalue weighted by Crippen LogP contribution is 2.26. The summed E-state index contributed by atoms with van der Waals surface area (Å²) in [4.78, 5) is 15.6. The molecule has 33 heavy (non-hydrogen) atoms. The molecule has 1 atom stereocenters. The van der Waals surface area contributed by atoms with Crippen LogP contribution in [0.15, 0.2) is 35.4 Å². The first-order valence-corrected chi connectivity index (χ1v) is 14.0. The van der Waals surface area contributed by atoms with Gasteiger partial charge in [-0.1, -0.05) is 19.3 Å². The van der Waals surface area contributed by atoms with Gasteiger partial charge < -0.3 is 14.8 Å². The van der Waals surface area contributed by atoms with E-state index in [4.69, 9.17) is 0 Å². The van der Waals surface area contributed by atoms with Crippen LogP contribution < -0.4 is 5.32 Å². The molecule has 0 saturated carbocycles. The van der Waals surface area contributed by atoms with E-state index in [2.05, 4.69) is 10.2 Å². The van der Waals surface area contributed by atoms with Gasteiger partial charge in [-0.2, -0.15) is 4.31 Å². The van der Waals surface area contributed by atoms with Crippen LogP contribution in [0.5, 0.6) is 0 Å². The number of hydrogen-bond acceptors (Lipinski definition) is 4. The van der Waals surface area contributed by atoms with Gasteiger partial charge in [0, 0.05) is 36.7 Å². The van der Waals surface area contributed by atoms with Crippen molar-refractivity contribution in [2.24, 2.45) is 0 Å². The summed E-state index contributed by atoms with van der Waals surface area (Å²) in [5.74, 6) is -0.00703. The normalized spacial score (nSPS) is 19.9. The lowest BCUT2D eigenvalue weighted by Gasteiger charge is -2.26. The summed E-state index contributed by atoms with van der Waals surface area (Å²) in [6.07, 6.45) is 10.8. The van der Waals surface area contributed by atoms with Crippen LogP contribution in [-0.2, 0) is 14.8 Å². The van der Waals surface area contributed by atoms with Crippen molar-refractivity contribution in [1.82, 2.24) is 19.1 Å². The van der Waals surface area contributed by atoms with Gasteiger partial charge in [0.05, 0.1) is 4.90 Å². The Hall–Kier alpha value is -1.90. The molecule has 0 radical (unpaired) electrons. The number of piperidine rings is 1. The van der Waals surface area contributed by atoms with Crippen LogP contribution in [0.1, 0.15) is 64.3 Å². The fraction of sp³-hybridized carbons (Fsp3) is 0.640. The number of nitrogens with one attached hydrogen (secondary N) is 1. The van der Waals surface area contributed by atoms with Crippen molar-refractivity contribution in [1.29, 1.82) is 0 Å². The Morgan fingerprint density at radius 2 is 1.64 bits per heavy atom. The van der Waals surface area contributed by atoms with Crippen LogP contribution in [0.2, 0.25) is 0 Å². The predicted molar refractivity (Wildman–Crippen MR) is 132 cm³/mol. The lowest BCUT2D eigenvalue weighted by atomic mass is 10.1. The van der Waals surface area contributed by atoms with Crippen LogP contribution in [0.25, 0.3) is 10.9 Å². The van der Waals surface area contributed by atoms with Crippen molar-refractivity contribution in [2.45, 2.75) is 69.2 Å². The zero-order valence-electron chi connectivity index (χ0n) is 19.8. The lowest BCUT2D eigenvalue weighted by molar-refractivity contribution is -0.123. The first kappa shape index (κ1) is 24.2. The number of hydrogen-bond donors (Lipinski definition) is 1. The molecule has 1 aromatic heterocycles. The molecule has 0 spiro atoms. The molecule has 0 bridgehead atoms. The number of aromatic nitrogens is 1. The minimum Gasteiger partial charge on any atom is -0.354 e. The van der Waals surface area contributed by atoms with Crippen molar-refractivity contribution >= 4 is 26.8 Å². The molecule has 0 unspecified atom stereocenters. The third kappa shape index (κ3) is 5.78. The van der Waals surface area contributed by atoms with Crippen molar-refractivity contribution in [2.75, 3.05) is 39.3 Å². The number of fused-ring (bicyclic) bond motifs is 1. The van der Waals surface area contributed by atoms with E-state index in [1.807, 2.05) is 29.8 Å². The lowest BCUT2D eigenvalue weighted by Crippen LogP contribution is -2.35. The molecule has 3 heterocycles. The van der Waals surface area contributed by atoms with E-state index in [9.17, 15) is 13.2 Å². The van der Waals surface area contributed by atoms with Gasteiger partial charge in [-0.15, -0.1) is 0 Å². The number of rotatable bonds is 8. The summed E-state index contributed by atoms with van der Waals surface area (Å²) in [5, 5.41) is 3.91. The Labute approximate surface area is 198 Å². The van der Waals surface area contributed by atoms with Crippen LogP contribution >= 0.6 is 0 Å². The maximum absolute atomic E-state index is 13.1. The van der Waals surface area contributed by atoms with Gasteiger partial charge in [0.25, 0.3) is 0 Å². The highest BCUT2D eigenvalue weighted by Gasteiger charge is 2.26. The molecule has 2 fully saturated rings. The van der Waals surface area contributed by atoms with Crippen LogP contribution in [-0.4, -0.2) is 67.4 Å². The maximum atomic E-state index is 13.1. The van der Waals surface area contributed by atoms with Gasteiger partial charge in [0.1, 0.15) is 6.04 Å². The molecule has 4 rings (SSSR count). The monoisotopic (exact) mass is 474 g/mol. The second kappa shape index (κ2) is 11.0. The topological polar surface area (TPSA) is 74.6 Å². The van der Waals surface area contributed by atoms with E-state index >= 15 is 0 Å². The van der Waals surface area contributed by atoms with E-state index in [1.54, 1.807) is 16.4 Å². The van der Waals surface area contributed by atoms with Gasteiger partial charge in [0.15, 0.2) is 0 Å². The van der Waals surface area contributed by atoms with Gasteiger partial charge in [0.2, 0.25) is 15.9 Å². The van der Waals surface area contributed by atoms with Gasteiger partial charge >= 0.3 is 0 Å². The molecule has 182 valence electrons. The highest BCUT2D eigenvalue weighted by atomic mass is 32.2. The number of carbonyl (C=O) groups is 1. The molecule has 1 aromatic carbocycles. The third-order valence-electron chi connectivity index (χ3n) is 7.09. The predicted octanol–water partition coefficient (Wildman–Crippen LogP) is 3.76. The largest absolute Gasteiger partial charge is 0.354 e. The summed E-state index contributed by atoms with van der Waals surface area (Å²) >= 11 is 0. The second-order valence-electron chi connectivity index (χ2n) is 9.48. The molecule has 1 N–H and O–H groups in total. The fourth-order valence-corrected chi connectivity index (χ4v) is 6.60. The Bertz CT molecular complexity index is 1040. The summed E-state index contributed by atoms with van der Waals surface area (Å²) in [6, 6.07) is 6.81. The summed E-state index contributed by atoms with van der Waals surface area (Å²) < 4.78 is 29.8. The first-order valence-electron chi connectivity index (χ1n) is 12.6. The molecule has 1 amide bonds. The van der Waals surface area contributed by atoms with Crippen molar-refractivity contribution in [3.05, 3.63) is 30.5 Å². The minimum absolute atomic E-state index is 0.00703. The number of sulfonamides is 1. The Balaban J connectivity index is 1.38. The molecular weight excluding hydrogens is 436 g/mol. The van der Waals surface area contributed by atoms with Gasteiger partial charge in [-0.25, -0.2) is 8.42 Å². The number of nitrogens with zero attached hydrogens (tertiary/aromatic N) is 3. The van der Waals surface area contributed by atoms with E-state index in [1.165, 1.54) is 32.4 Å². The zero-order valence-corrected chi connectivity index (χ0v) is 20.7. The van der Waals surface area contributed by atoms with Crippen molar-refractivity contribution in [3.63, 3.8) is 0 Å². The number of carbonyl (C=O) groups excluding carboxylic acids is 1. The second-order valence-corrected chi connectivity index (χ2v) is 11.4. The van der Waals surface area contributed by atoms with Gasteiger partial charge in [-0.3, -0.25) is 4.79 Å². The molecule has 2 aliphatic rings. The summed E-state index contributed by atoms with van der Waals surface area (Å²) in [5.41, 5.74) is 0.876. The quantitative estimate of drug-likeness (QED) is 0.591. The molecule has 2 saturated heterocycles. The Morgan fingerprint density at radius 1 is 0.970 bits per heavy atom. The average molecular weight is 475 g/mol. The third-order valence-corrected chi connectivity index (χ3v) is 8.99. The average Bonchev–Trinajstić information content (AvgIpc) is 3.05. The molecular formula is C25H38N4O3S. The van der Waals surface area contributed by atoms with E-state index in [-0.39, 0.29) is 11.9 Å². The molecule has 2 aliphatic heterocycles. The van der Waals surface area contributed by atoms with Crippen LogP contribution in [0.3, 0.4) is 0 Å². The SMILES string of the molecule is C[C@H](C(=O)NCCCN1CCCCC1)n1ccc2cc(S(=O)(=O)N3CCCCCC3)ccc21. The number of likely N-dealkylation sites (tertiary alicyclic amines) is 1. The van der Waals surface area contributed by atoms with E-state index in [0.29, 0.717) is 24.5 Å². The smallest absolute Gasteiger partial charge is 0.243 e. The first-order chi connectivity index (χ1) is 16.0. The molecule has 0 aliphatic carbocycles. The highest BCUT2D eigenvalue weighted by molar-refractivity contribution is 7.89. The minimum atomic E-state index is -3.49. The summed E-state index contributed by atoms with van der Waals surface area (Å²) in [7, 11) is -3.49. The zero-order chi connectivity index (χ0) is 23.3. The van der Waals surface area contributed by atoms with Crippen molar-refractivity contribution < 1.29 is 13.2 Å². The fourth-order valence-electron chi connectivity index (χ4n) is 5.04. The standard InChI is InChI=1S/C25H38N4O3S/c1-21(25(30)26-13-9-16-27-14-5-4-6-15-27)29-19-12-22-20-23(10-11-24(22)29)33(31,32)28-17-7-2-3-8-18-28/h10-12,19-21H,2-9,13-18H2,1H3,(H,26,30)/t21-/m1/s1. The van der Waals surface area contributed by atoms with Gasteiger partial charge in [-0.05, 0) is 82.9 Å². The van der Waals surface area contributed by atoms with E-state index in [0.717, 1.165) is 49.6 Å². The Morgan fingerprint density at radius 3 is 2.36 bits per heavy atom. The summed E-state index contributed by atoms with van der Waals surface area (Å²) in [6.45, 7) is 7.14. The van der Waals surface area contributed by atoms with Crippen LogP contribution in [0, 0.1) is 0 Å². The Kier molecular flexibility index (Phi) is 8.09. The molecule has 7 nitrogen and oxygen atoms in total. The maximum Gasteiger partial charge on any atom is 0.243 e. The van der Waals surface area contributed by atoms with E-state index < -0.39 is 10.0 Å². The number of amides is 1. The number of benzene rings is 1. The molecule has 2 aromatic rings. The van der Waals surface area contributed by atoms with Crippen molar-refractivity contribution in [3.8, 4) is 0 Å².